The van der Waals surface area contributed by atoms with E-state index in [1.54, 1.807) is 17.2 Å². The number of pyridine rings is 1. The van der Waals surface area contributed by atoms with Crippen LogP contribution in [0.2, 0.25) is 0 Å². The van der Waals surface area contributed by atoms with E-state index in [-0.39, 0.29) is 18.0 Å². The summed E-state index contributed by atoms with van der Waals surface area (Å²) in [5.41, 5.74) is 2.24. The zero-order valence-corrected chi connectivity index (χ0v) is 15.2. The molecule has 0 saturated carbocycles. The van der Waals surface area contributed by atoms with Crippen molar-refractivity contribution in [3.63, 3.8) is 0 Å². The van der Waals surface area contributed by atoms with Gasteiger partial charge in [0.05, 0.1) is 19.4 Å². The summed E-state index contributed by atoms with van der Waals surface area (Å²) in [5.74, 6) is 0.571. The fourth-order valence-corrected chi connectivity index (χ4v) is 3.46. The summed E-state index contributed by atoms with van der Waals surface area (Å²) in [4.78, 5) is 30.1. The van der Waals surface area contributed by atoms with Crippen molar-refractivity contribution in [2.24, 2.45) is 0 Å². The molecule has 0 aliphatic carbocycles. The van der Waals surface area contributed by atoms with E-state index >= 15 is 0 Å². The van der Waals surface area contributed by atoms with Crippen LogP contribution in [0.4, 0.5) is 0 Å². The highest BCUT2D eigenvalue weighted by molar-refractivity contribution is 5.82. The Bertz CT molecular complexity index is 1000. The Labute approximate surface area is 156 Å². The van der Waals surface area contributed by atoms with Gasteiger partial charge in [-0.05, 0) is 55.0 Å². The summed E-state index contributed by atoms with van der Waals surface area (Å²) in [6.07, 6.45) is 2.72. The summed E-state index contributed by atoms with van der Waals surface area (Å²) >= 11 is 0. The van der Waals surface area contributed by atoms with Crippen molar-refractivity contribution in [3.05, 3.63) is 69.9 Å². The number of aryl methyl sites for hydroxylation is 1. The first-order valence-corrected chi connectivity index (χ1v) is 9.15. The lowest BCUT2D eigenvalue weighted by atomic mass is 10.1. The molecular weight excluding hydrogens is 344 g/mol. The standard InChI is InChI=1S/C21H22N2O4/c1-14-6-7-15-11-16(20(24)22-18(15)10-14)12-23(13-17-4-2-8-26-17)21(25)19-5-3-9-27-19/h2,4,6-8,10-11,19H,3,5,9,12-13H2,1H3,(H,22,24)/t19-/m1/s1. The summed E-state index contributed by atoms with van der Waals surface area (Å²) in [7, 11) is 0. The summed E-state index contributed by atoms with van der Waals surface area (Å²) in [5, 5.41) is 0.942. The third kappa shape index (κ3) is 3.80. The van der Waals surface area contributed by atoms with Gasteiger partial charge in [-0.2, -0.15) is 0 Å². The minimum Gasteiger partial charge on any atom is -0.467 e. The molecule has 1 fully saturated rings. The van der Waals surface area contributed by atoms with E-state index < -0.39 is 6.10 Å². The first-order valence-electron chi connectivity index (χ1n) is 9.15. The molecule has 1 atom stereocenters. The number of H-pyrrole nitrogens is 1. The molecule has 0 unspecified atom stereocenters. The van der Waals surface area contributed by atoms with Gasteiger partial charge in [-0.25, -0.2) is 0 Å². The monoisotopic (exact) mass is 366 g/mol. The number of ether oxygens (including phenoxy) is 1. The number of benzene rings is 1. The fraction of sp³-hybridized carbons (Fsp3) is 0.333. The number of fused-ring (bicyclic) bond motifs is 1. The molecule has 0 spiro atoms. The first-order chi connectivity index (χ1) is 13.1. The SMILES string of the molecule is Cc1ccc2cc(CN(Cc3ccco3)C(=O)[C@H]3CCCO3)c(=O)[nH]c2c1. The number of carbonyl (C=O) groups excluding carboxylic acids is 1. The minimum atomic E-state index is -0.442. The van der Waals surface area contributed by atoms with E-state index in [1.165, 1.54) is 0 Å². The zero-order valence-electron chi connectivity index (χ0n) is 15.2. The second kappa shape index (κ2) is 7.40. The van der Waals surface area contributed by atoms with Gasteiger partial charge in [-0.15, -0.1) is 0 Å². The van der Waals surface area contributed by atoms with Gasteiger partial charge in [0.15, 0.2) is 0 Å². The van der Waals surface area contributed by atoms with Crippen LogP contribution in [0.3, 0.4) is 0 Å². The van der Waals surface area contributed by atoms with E-state index in [4.69, 9.17) is 9.15 Å². The average molecular weight is 366 g/mol. The average Bonchev–Trinajstić information content (AvgIpc) is 3.35. The van der Waals surface area contributed by atoms with Crippen molar-refractivity contribution in [2.75, 3.05) is 6.61 Å². The van der Waals surface area contributed by atoms with E-state index in [2.05, 4.69) is 4.98 Å². The maximum Gasteiger partial charge on any atom is 0.253 e. The maximum atomic E-state index is 12.9. The van der Waals surface area contributed by atoms with Crippen molar-refractivity contribution in [1.82, 2.24) is 9.88 Å². The molecule has 1 aliphatic heterocycles. The molecule has 27 heavy (non-hydrogen) atoms. The Balaban J connectivity index is 1.64. The van der Waals surface area contributed by atoms with Crippen LogP contribution in [0.5, 0.6) is 0 Å². The predicted molar refractivity (Wildman–Crippen MR) is 101 cm³/mol. The van der Waals surface area contributed by atoms with Gasteiger partial charge in [-0.3, -0.25) is 9.59 Å². The fourth-order valence-electron chi connectivity index (χ4n) is 3.46. The number of aromatic amines is 1. The van der Waals surface area contributed by atoms with Crippen LogP contribution in [0.1, 0.15) is 29.7 Å². The Morgan fingerprint density at radius 3 is 2.89 bits per heavy atom. The van der Waals surface area contributed by atoms with Gasteiger partial charge in [0, 0.05) is 17.7 Å². The van der Waals surface area contributed by atoms with E-state index in [0.29, 0.717) is 30.9 Å². The molecule has 1 aromatic carbocycles. The van der Waals surface area contributed by atoms with Gasteiger partial charge in [-0.1, -0.05) is 12.1 Å². The molecule has 1 N–H and O–H groups in total. The number of aromatic nitrogens is 1. The maximum absolute atomic E-state index is 12.9. The van der Waals surface area contributed by atoms with Crippen molar-refractivity contribution >= 4 is 16.8 Å². The highest BCUT2D eigenvalue weighted by Gasteiger charge is 2.29. The highest BCUT2D eigenvalue weighted by atomic mass is 16.5. The Hall–Kier alpha value is -2.86. The van der Waals surface area contributed by atoms with Gasteiger partial charge >= 0.3 is 0 Å². The number of furan rings is 1. The number of hydrogen-bond acceptors (Lipinski definition) is 4. The lowest BCUT2D eigenvalue weighted by molar-refractivity contribution is -0.142. The van der Waals surface area contributed by atoms with E-state index in [1.807, 2.05) is 37.3 Å². The second-order valence-corrected chi connectivity index (χ2v) is 6.99. The largest absolute Gasteiger partial charge is 0.467 e. The molecule has 1 saturated heterocycles. The molecule has 4 rings (SSSR count). The molecule has 1 amide bonds. The Morgan fingerprint density at radius 2 is 2.15 bits per heavy atom. The van der Waals surface area contributed by atoms with Crippen molar-refractivity contribution in [3.8, 4) is 0 Å². The smallest absolute Gasteiger partial charge is 0.253 e. The van der Waals surface area contributed by atoms with Gasteiger partial charge in [0.25, 0.3) is 11.5 Å². The molecular formula is C21H22N2O4. The normalized spacial score (nSPS) is 16.7. The zero-order chi connectivity index (χ0) is 18.8. The van der Waals surface area contributed by atoms with Crippen LogP contribution in [0, 0.1) is 6.92 Å². The lowest BCUT2D eigenvalue weighted by Gasteiger charge is -2.24. The predicted octanol–water partition coefficient (Wildman–Crippen LogP) is 3.14. The topological polar surface area (TPSA) is 75.5 Å². The van der Waals surface area contributed by atoms with Crippen LogP contribution >= 0.6 is 0 Å². The van der Waals surface area contributed by atoms with Crippen LogP contribution in [0.25, 0.3) is 10.9 Å². The van der Waals surface area contributed by atoms with Gasteiger partial charge in [0.2, 0.25) is 0 Å². The molecule has 140 valence electrons. The van der Waals surface area contributed by atoms with Crippen molar-refractivity contribution < 1.29 is 13.9 Å². The number of rotatable bonds is 5. The number of amides is 1. The Kier molecular flexibility index (Phi) is 4.81. The summed E-state index contributed by atoms with van der Waals surface area (Å²) in [6.45, 7) is 3.09. The van der Waals surface area contributed by atoms with Crippen LogP contribution in [-0.2, 0) is 22.6 Å². The molecule has 6 heteroatoms. The third-order valence-electron chi connectivity index (χ3n) is 4.88. The number of nitrogens with one attached hydrogen (secondary N) is 1. The van der Waals surface area contributed by atoms with Crippen molar-refractivity contribution in [1.29, 1.82) is 0 Å². The van der Waals surface area contributed by atoms with Crippen molar-refractivity contribution in [2.45, 2.75) is 39.0 Å². The first kappa shape index (κ1) is 17.5. The molecule has 3 heterocycles. The molecule has 3 aromatic rings. The quantitative estimate of drug-likeness (QED) is 0.753. The van der Waals surface area contributed by atoms with Gasteiger partial charge < -0.3 is 19.0 Å². The van der Waals surface area contributed by atoms with E-state index in [0.717, 1.165) is 22.9 Å². The molecule has 0 radical (unpaired) electrons. The van der Waals surface area contributed by atoms with Crippen LogP contribution in [0.15, 0.2) is 51.9 Å². The number of nitrogens with zero attached hydrogens (tertiary/aromatic N) is 1. The minimum absolute atomic E-state index is 0.104. The van der Waals surface area contributed by atoms with Crippen LogP contribution in [-0.4, -0.2) is 28.5 Å². The highest BCUT2D eigenvalue weighted by Crippen LogP contribution is 2.19. The third-order valence-corrected chi connectivity index (χ3v) is 4.88. The Morgan fingerprint density at radius 1 is 1.26 bits per heavy atom. The number of carbonyl (C=O) groups is 1. The van der Waals surface area contributed by atoms with Crippen LogP contribution < -0.4 is 5.56 Å². The van der Waals surface area contributed by atoms with Gasteiger partial charge in [0.1, 0.15) is 11.9 Å². The summed E-state index contributed by atoms with van der Waals surface area (Å²) in [6, 6.07) is 11.4. The molecule has 6 nitrogen and oxygen atoms in total. The second-order valence-electron chi connectivity index (χ2n) is 6.99. The number of hydrogen-bond donors (Lipinski definition) is 1. The molecule has 2 aromatic heterocycles. The molecule has 1 aliphatic rings. The van der Waals surface area contributed by atoms with E-state index in [9.17, 15) is 9.59 Å². The summed E-state index contributed by atoms with van der Waals surface area (Å²) < 4.78 is 11.0. The lowest BCUT2D eigenvalue weighted by Crippen LogP contribution is -2.39. The molecule has 0 bridgehead atoms.